The fourth-order valence-corrected chi connectivity index (χ4v) is 2.07. The highest BCUT2D eigenvalue weighted by atomic mass is 35.5. The molecule has 0 fully saturated rings. The highest BCUT2D eigenvalue weighted by Gasteiger charge is 2.17. The van der Waals surface area contributed by atoms with E-state index in [1.54, 1.807) is 11.8 Å². The van der Waals surface area contributed by atoms with Crippen LogP contribution in [-0.2, 0) is 0 Å². The van der Waals surface area contributed by atoms with Gasteiger partial charge in [0.05, 0.1) is 5.71 Å². The van der Waals surface area contributed by atoms with Gasteiger partial charge in [0.15, 0.2) is 0 Å². The van der Waals surface area contributed by atoms with Gasteiger partial charge >= 0.3 is 0 Å². The second-order valence-corrected chi connectivity index (χ2v) is 4.24. The topological polar surface area (TPSA) is 36.2 Å². The molecule has 0 spiro atoms. The SMILES string of the molecule is CC1=CSC(=C(C)C)/C1=N\C(=N)Cl. The van der Waals surface area contributed by atoms with Gasteiger partial charge in [0.2, 0.25) is 5.29 Å². The maximum atomic E-state index is 7.10. The minimum Gasteiger partial charge on any atom is -0.272 e. The van der Waals surface area contributed by atoms with Crippen molar-refractivity contribution in [2.45, 2.75) is 20.8 Å². The molecule has 2 nitrogen and oxygen atoms in total. The molecule has 0 radical (unpaired) electrons. The molecule has 0 saturated heterocycles. The van der Waals surface area contributed by atoms with Gasteiger partial charge in [-0.05, 0) is 43.4 Å². The van der Waals surface area contributed by atoms with Crippen molar-refractivity contribution in [3.05, 3.63) is 21.5 Å². The van der Waals surface area contributed by atoms with Gasteiger partial charge in [-0.3, -0.25) is 5.41 Å². The molecule has 0 aromatic rings. The first kappa shape index (κ1) is 10.5. The molecule has 1 heterocycles. The van der Waals surface area contributed by atoms with Crippen molar-refractivity contribution < 1.29 is 0 Å². The Morgan fingerprint density at radius 3 is 2.62 bits per heavy atom. The van der Waals surface area contributed by atoms with Crippen LogP contribution in [0.4, 0.5) is 0 Å². The van der Waals surface area contributed by atoms with Gasteiger partial charge in [-0.25, -0.2) is 4.99 Å². The molecule has 1 N–H and O–H groups in total. The summed E-state index contributed by atoms with van der Waals surface area (Å²) in [6, 6.07) is 0. The van der Waals surface area contributed by atoms with Crippen LogP contribution in [-0.4, -0.2) is 11.0 Å². The maximum Gasteiger partial charge on any atom is 0.215 e. The number of thioether (sulfide) groups is 1. The Kier molecular flexibility index (Phi) is 3.33. The van der Waals surface area contributed by atoms with E-state index < -0.39 is 0 Å². The zero-order chi connectivity index (χ0) is 10.0. The van der Waals surface area contributed by atoms with Gasteiger partial charge in [0.1, 0.15) is 0 Å². The van der Waals surface area contributed by atoms with E-state index in [1.165, 1.54) is 5.57 Å². The molecule has 1 aliphatic heterocycles. The Labute approximate surface area is 87.3 Å². The Morgan fingerprint density at radius 2 is 2.15 bits per heavy atom. The summed E-state index contributed by atoms with van der Waals surface area (Å²) in [7, 11) is 0. The van der Waals surface area contributed by atoms with Crippen molar-refractivity contribution in [3.63, 3.8) is 0 Å². The van der Waals surface area contributed by atoms with Crippen LogP contribution in [0.25, 0.3) is 0 Å². The third-order valence-electron chi connectivity index (χ3n) is 1.61. The molecule has 0 aromatic heterocycles. The lowest BCUT2D eigenvalue weighted by Crippen LogP contribution is -2.00. The molecule has 13 heavy (non-hydrogen) atoms. The number of aliphatic imine (C=N–C) groups is 1. The maximum absolute atomic E-state index is 7.10. The predicted molar refractivity (Wildman–Crippen MR) is 60.7 cm³/mol. The summed E-state index contributed by atoms with van der Waals surface area (Å²) in [5.74, 6) is 0. The highest BCUT2D eigenvalue weighted by Crippen LogP contribution is 2.33. The molecule has 70 valence electrons. The van der Waals surface area contributed by atoms with E-state index in [9.17, 15) is 0 Å². The number of allylic oxidation sites excluding steroid dienone is 3. The van der Waals surface area contributed by atoms with E-state index in [0.717, 1.165) is 16.2 Å². The number of halogens is 1. The number of hydrogen-bond acceptors (Lipinski definition) is 2. The number of nitrogens with zero attached hydrogens (tertiary/aromatic N) is 1. The van der Waals surface area contributed by atoms with E-state index in [4.69, 9.17) is 17.0 Å². The van der Waals surface area contributed by atoms with Gasteiger partial charge in [0, 0.05) is 4.91 Å². The van der Waals surface area contributed by atoms with E-state index in [0.29, 0.717) is 0 Å². The van der Waals surface area contributed by atoms with Crippen LogP contribution in [0.1, 0.15) is 20.8 Å². The molecule has 0 aromatic carbocycles. The van der Waals surface area contributed by atoms with Crippen LogP contribution in [0.3, 0.4) is 0 Å². The monoisotopic (exact) mass is 214 g/mol. The second-order valence-electron chi connectivity index (χ2n) is 3.00. The first-order valence-corrected chi connectivity index (χ1v) is 5.12. The van der Waals surface area contributed by atoms with Crippen LogP contribution in [0.15, 0.2) is 26.5 Å². The molecular formula is C9H11ClN2S. The van der Waals surface area contributed by atoms with Gasteiger partial charge in [-0.15, -0.1) is 0 Å². The normalized spacial score (nSPS) is 19.2. The summed E-state index contributed by atoms with van der Waals surface area (Å²) in [6.07, 6.45) is 0. The fourth-order valence-electron chi connectivity index (χ4n) is 1.03. The lowest BCUT2D eigenvalue weighted by atomic mass is 10.1. The zero-order valence-corrected chi connectivity index (χ0v) is 9.38. The van der Waals surface area contributed by atoms with Crippen LogP contribution in [0.5, 0.6) is 0 Å². The van der Waals surface area contributed by atoms with Gasteiger partial charge in [-0.1, -0.05) is 17.3 Å². The summed E-state index contributed by atoms with van der Waals surface area (Å²) < 4.78 is 0. The van der Waals surface area contributed by atoms with Crippen molar-refractivity contribution in [1.82, 2.24) is 0 Å². The molecule has 0 unspecified atom stereocenters. The Bertz CT molecular complexity index is 336. The number of rotatable bonds is 0. The van der Waals surface area contributed by atoms with Gasteiger partial charge in [0.25, 0.3) is 0 Å². The number of amidine groups is 1. The van der Waals surface area contributed by atoms with Gasteiger partial charge < -0.3 is 0 Å². The minimum absolute atomic E-state index is 0.163. The zero-order valence-electron chi connectivity index (χ0n) is 7.81. The van der Waals surface area contributed by atoms with Crippen molar-refractivity contribution in [2.24, 2.45) is 4.99 Å². The van der Waals surface area contributed by atoms with Crippen molar-refractivity contribution in [1.29, 1.82) is 5.41 Å². The van der Waals surface area contributed by atoms with Crippen LogP contribution in [0, 0.1) is 5.41 Å². The average molecular weight is 215 g/mol. The third kappa shape index (κ3) is 2.45. The smallest absolute Gasteiger partial charge is 0.215 e. The summed E-state index contributed by atoms with van der Waals surface area (Å²) in [5, 5.41) is 8.96. The molecular weight excluding hydrogens is 204 g/mol. The molecule has 0 atom stereocenters. The largest absolute Gasteiger partial charge is 0.272 e. The molecule has 0 aliphatic carbocycles. The van der Waals surface area contributed by atoms with Crippen LogP contribution in [0.2, 0.25) is 0 Å². The number of hydrogen-bond donors (Lipinski definition) is 1. The minimum atomic E-state index is -0.163. The van der Waals surface area contributed by atoms with Crippen molar-refractivity contribution in [2.75, 3.05) is 0 Å². The first-order valence-electron chi connectivity index (χ1n) is 3.86. The lowest BCUT2D eigenvalue weighted by Gasteiger charge is -2.02. The van der Waals surface area contributed by atoms with Crippen LogP contribution < -0.4 is 0 Å². The first-order chi connectivity index (χ1) is 6.02. The predicted octanol–water partition coefficient (Wildman–Crippen LogP) is 3.55. The Morgan fingerprint density at radius 1 is 1.54 bits per heavy atom. The standard InChI is InChI=1S/C9H11ClN2S/c1-5(2)8-7(12-9(10)11)6(3)4-13-8/h4,11H,1-3H3/b11-9?,12-7-. The molecule has 0 amide bonds. The number of nitrogens with one attached hydrogen (secondary N) is 1. The summed E-state index contributed by atoms with van der Waals surface area (Å²) >= 11 is 7.07. The van der Waals surface area contributed by atoms with E-state index in [2.05, 4.69) is 4.99 Å². The molecule has 4 heteroatoms. The third-order valence-corrected chi connectivity index (χ3v) is 3.00. The quantitative estimate of drug-likeness (QED) is 0.374. The Hall–Kier alpha value is -0.540. The lowest BCUT2D eigenvalue weighted by molar-refractivity contribution is 1.38. The van der Waals surface area contributed by atoms with Crippen LogP contribution >= 0.6 is 23.4 Å². The van der Waals surface area contributed by atoms with Crippen molar-refractivity contribution in [3.8, 4) is 0 Å². The summed E-state index contributed by atoms with van der Waals surface area (Å²) in [6.45, 7) is 6.03. The van der Waals surface area contributed by atoms with E-state index in [1.807, 2.05) is 26.2 Å². The molecule has 1 aliphatic rings. The molecule has 1 rings (SSSR count). The summed E-state index contributed by atoms with van der Waals surface area (Å²) in [5.41, 5.74) is 3.12. The Balaban J connectivity index is 3.11. The average Bonchev–Trinajstić information content (AvgIpc) is 2.32. The van der Waals surface area contributed by atoms with Crippen molar-refractivity contribution >= 4 is 34.4 Å². The fraction of sp³-hybridized carbons (Fsp3) is 0.333. The molecule has 0 bridgehead atoms. The molecule has 0 saturated carbocycles. The van der Waals surface area contributed by atoms with Gasteiger partial charge in [-0.2, -0.15) is 0 Å². The second kappa shape index (κ2) is 4.11. The van der Waals surface area contributed by atoms with E-state index >= 15 is 0 Å². The van der Waals surface area contributed by atoms with E-state index in [-0.39, 0.29) is 5.29 Å². The highest BCUT2D eigenvalue weighted by molar-refractivity contribution is 8.07. The summed E-state index contributed by atoms with van der Waals surface area (Å²) in [4.78, 5) is 5.09.